The summed E-state index contributed by atoms with van der Waals surface area (Å²) in [4.78, 5) is 26.6. The second kappa shape index (κ2) is 6.47. The molecule has 1 heterocycles. The molecule has 1 aromatic carbocycles. The molecule has 20 heavy (non-hydrogen) atoms. The molecule has 2 N–H and O–H groups in total. The molecule has 2 aromatic rings. The van der Waals surface area contributed by atoms with Crippen LogP contribution in [-0.4, -0.2) is 28.5 Å². The van der Waals surface area contributed by atoms with Gasteiger partial charge in [-0.05, 0) is 42.3 Å². The van der Waals surface area contributed by atoms with Crippen LogP contribution in [0.3, 0.4) is 0 Å². The van der Waals surface area contributed by atoms with E-state index in [0.29, 0.717) is 18.5 Å². The fourth-order valence-corrected chi connectivity index (χ4v) is 1.77. The fraction of sp³-hybridized carbons (Fsp3) is 0.133. The van der Waals surface area contributed by atoms with Gasteiger partial charge in [0.15, 0.2) is 0 Å². The van der Waals surface area contributed by atoms with Crippen LogP contribution in [0.5, 0.6) is 0 Å². The van der Waals surface area contributed by atoms with Gasteiger partial charge in [-0.3, -0.25) is 9.78 Å². The lowest BCUT2D eigenvalue weighted by atomic mass is 10.1. The SMILES string of the molecule is O=C(O)c1cccc(C(=O)NCCc2ccncc2)c1. The van der Waals surface area contributed by atoms with Crippen LogP contribution >= 0.6 is 0 Å². The first kappa shape index (κ1) is 13.7. The lowest BCUT2D eigenvalue weighted by Crippen LogP contribution is -2.25. The molecule has 0 aliphatic carbocycles. The molecule has 1 amide bonds. The number of hydrogen-bond acceptors (Lipinski definition) is 3. The van der Waals surface area contributed by atoms with Gasteiger partial charge in [0.2, 0.25) is 0 Å². The second-order valence-electron chi connectivity index (χ2n) is 4.25. The van der Waals surface area contributed by atoms with Gasteiger partial charge in [0, 0.05) is 24.5 Å². The van der Waals surface area contributed by atoms with Crippen LogP contribution in [0.4, 0.5) is 0 Å². The molecule has 0 fully saturated rings. The number of carboxylic acids is 1. The summed E-state index contributed by atoms with van der Waals surface area (Å²) in [5.74, 6) is -1.32. The van der Waals surface area contributed by atoms with Crippen LogP contribution in [0, 0.1) is 0 Å². The normalized spacial score (nSPS) is 10.0. The molecule has 0 bridgehead atoms. The van der Waals surface area contributed by atoms with Crippen LogP contribution in [0.25, 0.3) is 0 Å². The van der Waals surface area contributed by atoms with Crippen molar-refractivity contribution in [2.75, 3.05) is 6.54 Å². The summed E-state index contributed by atoms with van der Waals surface area (Å²) >= 11 is 0. The van der Waals surface area contributed by atoms with E-state index in [9.17, 15) is 9.59 Å². The van der Waals surface area contributed by atoms with Crippen LogP contribution in [-0.2, 0) is 6.42 Å². The minimum Gasteiger partial charge on any atom is -0.478 e. The number of carbonyl (C=O) groups excluding carboxylic acids is 1. The second-order valence-corrected chi connectivity index (χ2v) is 4.25. The van der Waals surface area contributed by atoms with Crippen molar-refractivity contribution in [1.29, 1.82) is 0 Å². The molecule has 0 saturated heterocycles. The molecule has 0 unspecified atom stereocenters. The first-order valence-corrected chi connectivity index (χ1v) is 6.17. The number of nitrogens with zero attached hydrogens (tertiary/aromatic N) is 1. The number of nitrogens with one attached hydrogen (secondary N) is 1. The molecule has 0 radical (unpaired) electrons. The van der Waals surface area contributed by atoms with Crippen molar-refractivity contribution in [2.24, 2.45) is 0 Å². The third kappa shape index (κ3) is 3.65. The van der Waals surface area contributed by atoms with Crippen molar-refractivity contribution in [2.45, 2.75) is 6.42 Å². The minimum absolute atomic E-state index is 0.104. The van der Waals surface area contributed by atoms with Gasteiger partial charge in [-0.2, -0.15) is 0 Å². The Labute approximate surface area is 116 Å². The minimum atomic E-state index is -1.04. The van der Waals surface area contributed by atoms with Crippen molar-refractivity contribution in [3.63, 3.8) is 0 Å². The summed E-state index contributed by atoms with van der Waals surface area (Å²) < 4.78 is 0. The van der Waals surface area contributed by atoms with Gasteiger partial charge in [0.1, 0.15) is 0 Å². The number of amides is 1. The van der Waals surface area contributed by atoms with Gasteiger partial charge < -0.3 is 10.4 Å². The Bertz CT molecular complexity index is 612. The number of hydrogen-bond donors (Lipinski definition) is 2. The summed E-state index contributed by atoms with van der Waals surface area (Å²) in [6, 6.07) is 9.74. The van der Waals surface area contributed by atoms with E-state index in [0.717, 1.165) is 5.56 Å². The Morgan fingerprint density at radius 2 is 1.80 bits per heavy atom. The van der Waals surface area contributed by atoms with E-state index in [1.54, 1.807) is 24.5 Å². The topological polar surface area (TPSA) is 79.3 Å². The van der Waals surface area contributed by atoms with Crippen molar-refractivity contribution in [3.05, 3.63) is 65.5 Å². The van der Waals surface area contributed by atoms with E-state index in [1.165, 1.54) is 12.1 Å². The van der Waals surface area contributed by atoms with E-state index in [-0.39, 0.29) is 11.5 Å². The Kier molecular flexibility index (Phi) is 4.44. The molecule has 5 nitrogen and oxygen atoms in total. The molecular formula is C15H14N2O3. The zero-order valence-electron chi connectivity index (χ0n) is 10.7. The molecule has 5 heteroatoms. The van der Waals surface area contributed by atoms with Gasteiger partial charge in [-0.15, -0.1) is 0 Å². The molecule has 0 saturated carbocycles. The molecule has 2 rings (SSSR count). The van der Waals surface area contributed by atoms with E-state index in [1.807, 2.05) is 12.1 Å². The zero-order chi connectivity index (χ0) is 14.4. The van der Waals surface area contributed by atoms with Gasteiger partial charge in [0.05, 0.1) is 5.56 Å². The fourth-order valence-electron chi connectivity index (χ4n) is 1.77. The highest BCUT2D eigenvalue weighted by Gasteiger charge is 2.08. The highest BCUT2D eigenvalue weighted by molar-refractivity contribution is 5.97. The standard InChI is InChI=1S/C15H14N2O3/c18-14(12-2-1-3-13(10-12)15(19)20)17-9-6-11-4-7-16-8-5-11/h1-5,7-8,10H,6,9H2,(H,17,18)(H,19,20). The third-order valence-electron chi connectivity index (χ3n) is 2.82. The van der Waals surface area contributed by atoms with Crippen molar-refractivity contribution in [1.82, 2.24) is 10.3 Å². The molecule has 0 aliphatic heterocycles. The summed E-state index contributed by atoms with van der Waals surface area (Å²) in [5, 5.41) is 11.6. The number of carboxylic acid groups (broad SMARTS) is 1. The largest absolute Gasteiger partial charge is 0.478 e. The number of benzene rings is 1. The van der Waals surface area contributed by atoms with Crippen LogP contribution in [0.15, 0.2) is 48.8 Å². The average Bonchev–Trinajstić information content (AvgIpc) is 2.48. The monoisotopic (exact) mass is 270 g/mol. The number of carbonyl (C=O) groups is 2. The first-order valence-electron chi connectivity index (χ1n) is 6.17. The molecule has 102 valence electrons. The van der Waals surface area contributed by atoms with Crippen LogP contribution in [0.2, 0.25) is 0 Å². The highest BCUT2D eigenvalue weighted by atomic mass is 16.4. The number of aromatic carboxylic acids is 1. The van der Waals surface area contributed by atoms with Crippen molar-refractivity contribution in [3.8, 4) is 0 Å². The zero-order valence-corrected chi connectivity index (χ0v) is 10.7. The average molecular weight is 270 g/mol. The quantitative estimate of drug-likeness (QED) is 0.867. The summed E-state index contributed by atoms with van der Waals surface area (Å²) in [5.41, 5.74) is 1.53. The first-order chi connectivity index (χ1) is 9.66. The maximum Gasteiger partial charge on any atom is 0.335 e. The van der Waals surface area contributed by atoms with E-state index < -0.39 is 5.97 Å². The maximum absolute atomic E-state index is 11.9. The van der Waals surface area contributed by atoms with Gasteiger partial charge in [0.25, 0.3) is 5.91 Å². The maximum atomic E-state index is 11.9. The highest BCUT2D eigenvalue weighted by Crippen LogP contribution is 2.05. The molecular weight excluding hydrogens is 256 g/mol. The summed E-state index contributed by atoms with van der Waals surface area (Å²) in [7, 11) is 0. The van der Waals surface area contributed by atoms with Crippen LogP contribution < -0.4 is 5.32 Å². The van der Waals surface area contributed by atoms with Gasteiger partial charge >= 0.3 is 5.97 Å². The lowest BCUT2D eigenvalue weighted by Gasteiger charge is -2.06. The summed E-state index contributed by atoms with van der Waals surface area (Å²) in [6.07, 6.45) is 4.11. The number of aromatic nitrogens is 1. The number of rotatable bonds is 5. The Balaban J connectivity index is 1.92. The Morgan fingerprint density at radius 1 is 1.10 bits per heavy atom. The molecule has 0 spiro atoms. The van der Waals surface area contributed by atoms with E-state index in [2.05, 4.69) is 10.3 Å². The van der Waals surface area contributed by atoms with Crippen molar-refractivity contribution < 1.29 is 14.7 Å². The summed E-state index contributed by atoms with van der Waals surface area (Å²) in [6.45, 7) is 0.486. The van der Waals surface area contributed by atoms with Crippen LogP contribution in [0.1, 0.15) is 26.3 Å². The third-order valence-corrected chi connectivity index (χ3v) is 2.82. The predicted octanol–water partition coefficient (Wildman–Crippen LogP) is 1.75. The Hall–Kier alpha value is -2.69. The molecule has 1 aromatic heterocycles. The van der Waals surface area contributed by atoms with Gasteiger partial charge in [-0.1, -0.05) is 6.07 Å². The lowest BCUT2D eigenvalue weighted by molar-refractivity contribution is 0.0697. The number of pyridine rings is 1. The van der Waals surface area contributed by atoms with E-state index in [4.69, 9.17) is 5.11 Å². The van der Waals surface area contributed by atoms with Crippen molar-refractivity contribution >= 4 is 11.9 Å². The Morgan fingerprint density at radius 3 is 2.50 bits per heavy atom. The smallest absolute Gasteiger partial charge is 0.335 e. The predicted molar refractivity (Wildman–Crippen MR) is 73.7 cm³/mol. The molecule has 0 atom stereocenters. The molecule has 0 aliphatic rings. The van der Waals surface area contributed by atoms with E-state index >= 15 is 0 Å². The van der Waals surface area contributed by atoms with Gasteiger partial charge in [-0.25, -0.2) is 4.79 Å².